The molecule has 0 saturated heterocycles. The van der Waals surface area contributed by atoms with E-state index >= 15 is 0 Å². The van der Waals surface area contributed by atoms with Crippen molar-refractivity contribution in [2.75, 3.05) is 0 Å². The Bertz CT molecular complexity index is 489. The summed E-state index contributed by atoms with van der Waals surface area (Å²) in [6.07, 6.45) is 0. The molecule has 80 valence electrons. The molecule has 0 bridgehead atoms. The smallest absolute Gasteiger partial charge is 0.139 e. The van der Waals surface area contributed by atoms with Crippen molar-refractivity contribution in [2.45, 2.75) is 13.5 Å². The number of rotatable bonds is 2. The summed E-state index contributed by atoms with van der Waals surface area (Å²) in [7, 11) is 2.10. The summed E-state index contributed by atoms with van der Waals surface area (Å²) in [6.45, 7) is 2.23. The van der Waals surface area contributed by atoms with Crippen molar-refractivity contribution in [2.24, 2.45) is 0 Å². The molecule has 0 aliphatic rings. The maximum Gasteiger partial charge on any atom is 0.139 e. The van der Waals surface area contributed by atoms with E-state index in [1.807, 2.05) is 12.1 Å². The first kappa shape index (κ1) is 11.0. The number of aryl methyl sites for hydroxylation is 1. The normalized spacial score (nSPS) is 10.4. The number of hydrogen-bond donors (Lipinski definition) is 1. The molecular weight excluding hydrogens is 195 g/mol. The van der Waals surface area contributed by atoms with E-state index in [1.165, 1.54) is 22.2 Å². The molecule has 0 atom stereocenters. The van der Waals surface area contributed by atoms with Crippen LogP contribution >= 0.6 is 0 Å². The predicted octanol–water partition coefficient (Wildman–Crippen LogP) is 1.41. The van der Waals surface area contributed by atoms with E-state index in [4.69, 9.17) is 5.11 Å². The molecular formula is C14H15BO. The van der Waals surface area contributed by atoms with Gasteiger partial charge in [-0.25, -0.2) is 0 Å². The minimum Gasteiger partial charge on any atom is -0.392 e. The van der Waals surface area contributed by atoms with Crippen LogP contribution in [0.2, 0.25) is 0 Å². The van der Waals surface area contributed by atoms with E-state index in [-0.39, 0.29) is 6.61 Å². The van der Waals surface area contributed by atoms with Gasteiger partial charge in [0, 0.05) is 0 Å². The summed E-state index contributed by atoms with van der Waals surface area (Å²) >= 11 is 0. The van der Waals surface area contributed by atoms with Gasteiger partial charge in [0.25, 0.3) is 0 Å². The van der Waals surface area contributed by atoms with Gasteiger partial charge < -0.3 is 5.11 Å². The van der Waals surface area contributed by atoms with Crippen LogP contribution < -0.4 is 5.46 Å². The second-order valence-electron chi connectivity index (χ2n) is 4.17. The topological polar surface area (TPSA) is 20.2 Å². The highest BCUT2D eigenvalue weighted by atomic mass is 16.3. The van der Waals surface area contributed by atoms with E-state index in [1.54, 1.807) is 0 Å². The van der Waals surface area contributed by atoms with Crippen molar-refractivity contribution in [1.29, 1.82) is 0 Å². The average molecular weight is 210 g/mol. The van der Waals surface area contributed by atoms with E-state index in [9.17, 15) is 0 Å². The highest BCUT2D eigenvalue weighted by Crippen LogP contribution is 2.22. The first-order valence-electron chi connectivity index (χ1n) is 5.48. The summed E-state index contributed by atoms with van der Waals surface area (Å²) in [5, 5.41) is 8.99. The molecule has 0 saturated carbocycles. The first-order valence-corrected chi connectivity index (χ1v) is 5.48. The van der Waals surface area contributed by atoms with Crippen molar-refractivity contribution in [3.05, 3.63) is 53.6 Å². The van der Waals surface area contributed by atoms with Crippen LogP contribution in [0, 0.1) is 6.92 Å². The van der Waals surface area contributed by atoms with Crippen LogP contribution in [-0.2, 0) is 6.61 Å². The van der Waals surface area contributed by atoms with Crippen LogP contribution in [-0.4, -0.2) is 13.0 Å². The van der Waals surface area contributed by atoms with Gasteiger partial charge in [0.2, 0.25) is 0 Å². The largest absolute Gasteiger partial charge is 0.392 e. The van der Waals surface area contributed by atoms with Crippen LogP contribution in [0.15, 0.2) is 42.5 Å². The van der Waals surface area contributed by atoms with Crippen molar-refractivity contribution in [1.82, 2.24) is 0 Å². The minimum atomic E-state index is 0.104. The van der Waals surface area contributed by atoms with Crippen LogP contribution in [0.1, 0.15) is 11.1 Å². The molecule has 0 aliphatic heterocycles. The summed E-state index contributed by atoms with van der Waals surface area (Å²) in [6, 6.07) is 14.5. The number of aliphatic hydroxyl groups excluding tert-OH is 1. The van der Waals surface area contributed by atoms with E-state index in [0.29, 0.717) is 0 Å². The first-order chi connectivity index (χ1) is 7.70. The Morgan fingerprint density at radius 1 is 1.06 bits per heavy atom. The van der Waals surface area contributed by atoms with Gasteiger partial charge in [-0.1, -0.05) is 47.9 Å². The molecule has 0 unspecified atom stereocenters. The Hall–Kier alpha value is -1.54. The lowest BCUT2D eigenvalue weighted by molar-refractivity contribution is 0.282. The van der Waals surface area contributed by atoms with E-state index in [2.05, 4.69) is 45.1 Å². The van der Waals surface area contributed by atoms with E-state index < -0.39 is 0 Å². The summed E-state index contributed by atoms with van der Waals surface area (Å²) in [4.78, 5) is 0. The highest BCUT2D eigenvalue weighted by Gasteiger charge is 2.01. The van der Waals surface area contributed by atoms with Gasteiger partial charge in [0.05, 0.1) is 6.61 Å². The lowest BCUT2D eigenvalue weighted by Gasteiger charge is -2.07. The summed E-state index contributed by atoms with van der Waals surface area (Å²) < 4.78 is 0. The SMILES string of the molecule is Bc1ccc(-c2ccc(CO)cc2)c(C)c1. The van der Waals surface area contributed by atoms with Crippen LogP contribution in [0.5, 0.6) is 0 Å². The quantitative estimate of drug-likeness (QED) is 0.743. The van der Waals surface area contributed by atoms with Crippen molar-refractivity contribution < 1.29 is 5.11 Å². The van der Waals surface area contributed by atoms with Gasteiger partial charge in [-0.05, 0) is 29.2 Å². The lowest BCUT2D eigenvalue weighted by atomic mass is 9.90. The third-order valence-corrected chi connectivity index (χ3v) is 2.83. The zero-order chi connectivity index (χ0) is 11.5. The zero-order valence-electron chi connectivity index (χ0n) is 9.70. The summed E-state index contributed by atoms with van der Waals surface area (Å²) in [5.41, 5.74) is 5.99. The fourth-order valence-corrected chi connectivity index (χ4v) is 1.93. The molecule has 0 amide bonds. The molecule has 2 aromatic carbocycles. The molecule has 0 radical (unpaired) electrons. The number of hydrogen-bond acceptors (Lipinski definition) is 1. The van der Waals surface area contributed by atoms with Crippen molar-refractivity contribution in [3.8, 4) is 11.1 Å². The van der Waals surface area contributed by atoms with Crippen molar-refractivity contribution in [3.63, 3.8) is 0 Å². The highest BCUT2D eigenvalue weighted by molar-refractivity contribution is 6.32. The second-order valence-corrected chi connectivity index (χ2v) is 4.17. The number of benzene rings is 2. The molecule has 16 heavy (non-hydrogen) atoms. The maximum atomic E-state index is 8.99. The Balaban J connectivity index is 2.42. The van der Waals surface area contributed by atoms with Crippen LogP contribution in [0.4, 0.5) is 0 Å². The van der Waals surface area contributed by atoms with Crippen molar-refractivity contribution >= 4 is 13.3 Å². The molecule has 2 rings (SSSR count). The minimum absolute atomic E-state index is 0.104. The molecule has 2 aromatic rings. The maximum absolute atomic E-state index is 8.99. The fraction of sp³-hybridized carbons (Fsp3) is 0.143. The molecule has 2 heteroatoms. The zero-order valence-corrected chi connectivity index (χ0v) is 9.70. The third-order valence-electron chi connectivity index (χ3n) is 2.83. The van der Waals surface area contributed by atoms with Gasteiger partial charge in [-0.3, -0.25) is 0 Å². The van der Waals surface area contributed by atoms with Gasteiger partial charge in [0.1, 0.15) is 7.85 Å². The third kappa shape index (κ3) is 2.17. The predicted molar refractivity (Wildman–Crippen MR) is 70.7 cm³/mol. The van der Waals surface area contributed by atoms with Gasteiger partial charge in [0.15, 0.2) is 0 Å². The Labute approximate surface area is 97.2 Å². The monoisotopic (exact) mass is 210 g/mol. The molecule has 1 N–H and O–H groups in total. The molecule has 0 aromatic heterocycles. The van der Waals surface area contributed by atoms with E-state index in [0.717, 1.165) is 5.56 Å². The Morgan fingerprint density at radius 3 is 2.31 bits per heavy atom. The Kier molecular flexibility index (Phi) is 3.11. The average Bonchev–Trinajstić information content (AvgIpc) is 2.29. The molecule has 1 nitrogen and oxygen atoms in total. The van der Waals surface area contributed by atoms with Crippen LogP contribution in [0.25, 0.3) is 11.1 Å². The lowest BCUT2D eigenvalue weighted by Crippen LogP contribution is -2.02. The standard InChI is InChI=1S/C14H15BO/c1-10-8-13(15)6-7-14(10)12-4-2-11(9-16)3-5-12/h2-8,16H,9,15H2,1H3. The second kappa shape index (κ2) is 4.54. The number of aliphatic hydroxyl groups is 1. The molecule has 0 heterocycles. The fourth-order valence-electron chi connectivity index (χ4n) is 1.93. The molecule has 0 fully saturated rings. The van der Waals surface area contributed by atoms with Gasteiger partial charge in [-0.2, -0.15) is 0 Å². The Morgan fingerprint density at radius 2 is 1.75 bits per heavy atom. The van der Waals surface area contributed by atoms with Crippen LogP contribution in [0.3, 0.4) is 0 Å². The molecule has 0 spiro atoms. The molecule has 0 aliphatic carbocycles. The summed E-state index contributed by atoms with van der Waals surface area (Å²) in [5.74, 6) is 0. The van der Waals surface area contributed by atoms with Gasteiger partial charge >= 0.3 is 0 Å². The van der Waals surface area contributed by atoms with Gasteiger partial charge in [-0.15, -0.1) is 0 Å².